The molecule has 0 aliphatic heterocycles. The van der Waals surface area contributed by atoms with Crippen molar-refractivity contribution >= 4 is 11.9 Å². The van der Waals surface area contributed by atoms with E-state index in [4.69, 9.17) is 5.11 Å². The van der Waals surface area contributed by atoms with E-state index in [1.165, 1.54) is 0 Å². The molecule has 0 bridgehead atoms. The Morgan fingerprint density at radius 1 is 1.22 bits per heavy atom. The van der Waals surface area contributed by atoms with Crippen LogP contribution in [0, 0.1) is 11.8 Å². The molecule has 1 amide bonds. The number of phenolic OH excluding ortho intramolecular Hbond substituents is 1. The van der Waals surface area contributed by atoms with Gasteiger partial charge in [0, 0.05) is 24.1 Å². The van der Waals surface area contributed by atoms with E-state index in [1.807, 2.05) is 0 Å². The highest BCUT2D eigenvalue weighted by Gasteiger charge is 2.19. The normalized spacial score (nSPS) is 13.9. The molecule has 0 heterocycles. The van der Waals surface area contributed by atoms with Crippen LogP contribution in [0.5, 0.6) is 5.75 Å². The monoisotopic (exact) mass is 313 g/mol. The molecule has 1 aliphatic carbocycles. The standard InChI is InChI=1S/C18H19NO4/c20-14-8-5-7-13(12-14)6-1-4-11-17(21)19-16-10-3-2-9-15(16)18(22)23/h5,7-8,12,20H,2-4,9-11H2,(H,19,21)(H,22,23). The maximum Gasteiger partial charge on any atom is 0.333 e. The van der Waals surface area contributed by atoms with Gasteiger partial charge in [0.15, 0.2) is 0 Å². The van der Waals surface area contributed by atoms with Crippen LogP contribution in [0.25, 0.3) is 0 Å². The van der Waals surface area contributed by atoms with Gasteiger partial charge in [-0.05, 0) is 43.9 Å². The van der Waals surface area contributed by atoms with E-state index < -0.39 is 5.97 Å². The minimum absolute atomic E-state index is 0.153. The van der Waals surface area contributed by atoms with Crippen LogP contribution in [0.2, 0.25) is 0 Å². The minimum Gasteiger partial charge on any atom is -0.508 e. The van der Waals surface area contributed by atoms with Crippen molar-refractivity contribution in [1.29, 1.82) is 0 Å². The summed E-state index contributed by atoms with van der Waals surface area (Å²) in [5.41, 5.74) is 1.54. The molecule has 0 aromatic heterocycles. The minimum atomic E-state index is -0.955. The van der Waals surface area contributed by atoms with Crippen molar-refractivity contribution in [3.8, 4) is 17.6 Å². The molecule has 0 radical (unpaired) electrons. The van der Waals surface area contributed by atoms with Crippen molar-refractivity contribution in [2.45, 2.75) is 38.5 Å². The first kappa shape index (κ1) is 16.6. The number of benzene rings is 1. The van der Waals surface area contributed by atoms with Crippen LogP contribution >= 0.6 is 0 Å². The van der Waals surface area contributed by atoms with Gasteiger partial charge in [0.1, 0.15) is 5.75 Å². The fourth-order valence-electron chi connectivity index (χ4n) is 2.43. The van der Waals surface area contributed by atoms with Gasteiger partial charge >= 0.3 is 5.97 Å². The van der Waals surface area contributed by atoms with E-state index in [0.717, 1.165) is 12.8 Å². The average molecular weight is 313 g/mol. The zero-order chi connectivity index (χ0) is 16.7. The molecule has 0 fully saturated rings. The highest BCUT2D eigenvalue weighted by Crippen LogP contribution is 2.23. The Kier molecular flexibility index (Phi) is 5.81. The van der Waals surface area contributed by atoms with E-state index in [1.54, 1.807) is 24.3 Å². The summed E-state index contributed by atoms with van der Waals surface area (Å²) in [6.07, 6.45) is 3.42. The Morgan fingerprint density at radius 3 is 2.74 bits per heavy atom. The molecular formula is C18H19NO4. The lowest BCUT2D eigenvalue weighted by molar-refractivity contribution is -0.133. The van der Waals surface area contributed by atoms with E-state index in [0.29, 0.717) is 36.1 Å². The lowest BCUT2D eigenvalue weighted by Crippen LogP contribution is -2.26. The summed E-state index contributed by atoms with van der Waals surface area (Å²) in [7, 11) is 0. The number of hydrogen-bond acceptors (Lipinski definition) is 3. The van der Waals surface area contributed by atoms with Gasteiger partial charge in [-0.15, -0.1) is 0 Å². The molecule has 23 heavy (non-hydrogen) atoms. The van der Waals surface area contributed by atoms with Crippen LogP contribution in [0.4, 0.5) is 0 Å². The summed E-state index contributed by atoms with van der Waals surface area (Å²) in [4.78, 5) is 23.0. The second-order valence-corrected chi connectivity index (χ2v) is 5.37. The molecule has 5 nitrogen and oxygen atoms in total. The summed E-state index contributed by atoms with van der Waals surface area (Å²) >= 11 is 0. The number of carboxylic acids is 1. The Hall–Kier alpha value is -2.74. The molecular weight excluding hydrogens is 294 g/mol. The van der Waals surface area contributed by atoms with Gasteiger partial charge in [0.25, 0.3) is 0 Å². The molecule has 120 valence electrons. The van der Waals surface area contributed by atoms with Gasteiger partial charge in [-0.25, -0.2) is 4.79 Å². The number of phenols is 1. The van der Waals surface area contributed by atoms with Crippen LogP contribution < -0.4 is 5.32 Å². The molecule has 2 rings (SSSR count). The van der Waals surface area contributed by atoms with Crippen molar-refractivity contribution < 1.29 is 19.8 Å². The molecule has 0 saturated carbocycles. The number of aliphatic carboxylic acids is 1. The fourth-order valence-corrected chi connectivity index (χ4v) is 2.43. The smallest absolute Gasteiger partial charge is 0.333 e. The molecule has 1 aromatic carbocycles. The third-order valence-corrected chi connectivity index (χ3v) is 3.57. The summed E-state index contributed by atoms with van der Waals surface area (Å²) in [5, 5.41) is 21.2. The predicted octanol–water partition coefficient (Wildman–Crippen LogP) is 2.55. The van der Waals surface area contributed by atoms with Crippen LogP contribution in [0.1, 0.15) is 44.1 Å². The van der Waals surface area contributed by atoms with Crippen molar-refractivity contribution in [2.24, 2.45) is 0 Å². The lowest BCUT2D eigenvalue weighted by atomic mass is 9.96. The maximum atomic E-state index is 11.9. The number of hydrogen-bond donors (Lipinski definition) is 3. The number of allylic oxidation sites excluding steroid dienone is 1. The van der Waals surface area contributed by atoms with E-state index in [2.05, 4.69) is 17.2 Å². The zero-order valence-corrected chi connectivity index (χ0v) is 12.8. The number of aromatic hydroxyl groups is 1. The Balaban J connectivity index is 1.87. The number of carbonyl (C=O) groups excluding carboxylic acids is 1. The third kappa shape index (κ3) is 5.19. The Labute approximate surface area is 135 Å². The molecule has 1 aliphatic rings. The SMILES string of the molecule is O=C(CCC#Cc1cccc(O)c1)NC1=C(C(=O)O)CCCC1. The summed E-state index contributed by atoms with van der Waals surface area (Å²) in [6, 6.07) is 6.60. The van der Waals surface area contributed by atoms with E-state index in [9.17, 15) is 14.7 Å². The zero-order valence-electron chi connectivity index (χ0n) is 12.8. The number of carboxylic acid groups (broad SMARTS) is 1. The van der Waals surface area contributed by atoms with Gasteiger partial charge in [0.2, 0.25) is 5.91 Å². The highest BCUT2D eigenvalue weighted by molar-refractivity contribution is 5.89. The van der Waals surface area contributed by atoms with Crippen molar-refractivity contribution in [2.75, 3.05) is 0 Å². The van der Waals surface area contributed by atoms with Crippen LogP contribution in [0.3, 0.4) is 0 Å². The average Bonchev–Trinajstić information content (AvgIpc) is 2.52. The summed E-state index contributed by atoms with van der Waals surface area (Å²) in [5.74, 6) is 4.73. The van der Waals surface area contributed by atoms with Gasteiger partial charge in [-0.2, -0.15) is 0 Å². The fraction of sp³-hybridized carbons (Fsp3) is 0.333. The van der Waals surface area contributed by atoms with Crippen molar-refractivity contribution in [3.63, 3.8) is 0 Å². The lowest BCUT2D eigenvalue weighted by Gasteiger charge is -2.18. The first-order chi connectivity index (χ1) is 11.1. The largest absolute Gasteiger partial charge is 0.508 e. The second kappa shape index (κ2) is 8.04. The first-order valence-corrected chi connectivity index (χ1v) is 7.59. The predicted molar refractivity (Wildman–Crippen MR) is 85.5 cm³/mol. The molecule has 0 saturated heterocycles. The maximum absolute atomic E-state index is 11.9. The molecule has 1 aromatic rings. The van der Waals surface area contributed by atoms with Crippen LogP contribution in [-0.2, 0) is 9.59 Å². The third-order valence-electron chi connectivity index (χ3n) is 3.57. The summed E-state index contributed by atoms with van der Waals surface area (Å²) in [6.45, 7) is 0. The van der Waals surface area contributed by atoms with Gasteiger partial charge in [-0.3, -0.25) is 4.79 Å². The van der Waals surface area contributed by atoms with Crippen LogP contribution in [0.15, 0.2) is 35.5 Å². The Bertz CT molecular complexity index is 694. The highest BCUT2D eigenvalue weighted by atomic mass is 16.4. The van der Waals surface area contributed by atoms with Gasteiger partial charge in [-0.1, -0.05) is 17.9 Å². The van der Waals surface area contributed by atoms with E-state index >= 15 is 0 Å². The summed E-state index contributed by atoms with van der Waals surface area (Å²) < 4.78 is 0. The molecule has 5 heteroatoms. The van der Waals surface area contributed by atoms with Crippen LogP contribution in [-0.4, -0.2) is 22.1 Å². The quantitative estimate of drug-likeness (QED) is 0.746. The van der Waals surface area contributed by atoms with Crippen molar-refractivity contribution in [1.82, 2.24) is 5.32 Å². The van der Waals surface area contributed by atoms with Crippen molar-refractivity contribution in [3.05, 3.63) is 41.1 Å². The Morgan fingerprint density at radius 2 is 2.00 bits per heavy atom. The molecule has 3 N–H and O–H groups in total. The number of nitrogens with one attached hydrogen (secondary N) is 1. The van der Waals surface area contributed by atoms with Gasteiger partial charge < -0.3 is 15.5 Å². The number of amides is 1. The molecule has 0 unspecified atom stereocenters. The van der Waals surface area contributed by atoms with E-state index in [-0.39, 0.29) is 18.1 Å². The molecule has 0 atom stereocenters. The topological polar surface area (TPSA) is 86.6 Å². The number of rotatable bonds is 4. The molecule has 0 spiro atoms. The number of carbonyl (C=O) groups is 2. The first-order valence-electron chi connectivity index (χ1n) is 7.59. The second-order valence-electron chi connectivity index (χ2n) is 5.37. The van der Waals surface area contributed by atoms with Gasteiger partial charge in [0.05, 0.1) is 5.57 Å².